The number of nitrogens with one attached hydrogen (secondary N) is 1. The Labute approximate surface area is 150 Å². The molecule has 0 bridgehead atoms. The molecule has 1 aromatic carbocycles. The first-order valence-corrected chi connectivity index (χ1v) is 9.13. The number of aryl methyl sites for hydroxylation is 1. The fourth-order valence-corrected chi connectivity index (χ4v) is 4.10. The summed E-state index contributed by atoms with van der Waals surface area (Å²) in [6.45, 7) is 1.05. The van der Waals surface area contributed by atoms with Crippen LogP contribution in [0.1, 0.15) is 12.1 Å². The van der Waals surface area contributed by atoms with Crippen molar-refractivity contribution in [2.75, 3.05) is 20.6 Å². The van der Waals surface area contributed by atoms with E-state index in [9.17, 15) is 5.11 Å². The summed E-state index contributed by atoms with van der Waals surface area (Å²) in [4.78, 5) is 14.4. The van der Waals surface area contributed by atoms with Crippen LogP contribution in [0.25, 0.3) is 31.7 Å². The third kappa shape index (κ3) is 3.10. The van der Waals surface area contributed by atoms with Gasteiger partial charge in [-0.3, -0.25) is 4.98 Å². The van der Waals surface area contributed by atoms with Crippen molar-refractivity contribution in [1.82, 2.24) is 19.9 Å². The minimum Gasteiger partial charge on any atom is -0.494 e. The van der Waals surface area contributed by atoms with Gasteiger partial charge in [-0.25, -0.2) is 4.98 Å². The van der Waals surface area contributed by atoms with E-state index in [1.54, 1.807) is 11.3 Å². The number of hydrogen-bond donors (Lipinski definition) is 2. The van der Waals surface area contributed by atoms with Crippen molar-refractivity contribution >= 4 is 32.5 Å². The van der Waals surface area contributed by atoms with Gasteiger partial charge >= 0.3 is 0 Å². The van der Waals surface area contributed by atoms with Gasteiger partial charge in [0.1, 0.15) is 10.5 Å². The average molecular weight is 352 g/mol. The van der Waals surface area contributed by atoms with E-state index in [-0.39, 0.29) is 5.88 Å². The molecule has 0 aliphatic heterocycles. The van der Waals surface area contributed by atoms with Crippen molar-refractivity contribution in [3.05, 3.63) is 42.2 Å². The first kappa shape index (κ1) is 16.1. The van der Waals surface area contributed by atoms with E-state index in [1.807, 2.05) is 30.5 Å². The van der Waals surface area contributed by atoms with Gasteiger partial charge in [-0.05, 0) is 45.6 Å². The molecule has 6 heteroatoms. The van der Waals surface area contributed by atoms with Gasteiger partial charge in [0.05, 0.1) is 16.5 Å². The number of para-hydroxylation sites is 1. The van der Waals surface area contributed by atoms with Crippen molar-refractivity contribution in [2.45, 2.75) is 12.8 Å². The second kappa shape index (κ2) is 6.46. The molecule has 0 amide bonds. The highest BCUT2D eigenvalue weighted by molar-refractivity contribution is 7.21. The molecule has 0 atom stereocenters. The lowest BCUT2D eigenvalue weighted by Gasteiger charge is -2.08. The number of hydrogen-bond acceptors (Lipinski definition) is 5. The standard InChI is InChI=1S/C19H20N4OS/c1-23(2)9-5-6-12-10-16-15(11-20-12)22-19(25-16)17-13-7-3-4-8-14(13)21-18(17)24/h3-4,7-8,10-11,21,24H,5-6,9H2,1-2H3. The molecular weight excluding hydrogens is 332 g/mol. The first-order valence-electron chi connectivity index (χ1n) is 8.32. The average Bonchev–Trinajstić information content (AvgIpc) is 3.13. The molecule has 0 unspecified atom stereocenters. The minimum atomic E-state index is 0.166. The predicted octanol–water partition coefficient (Wildman–Crippen LogP) is 4.04. The van der Waals surface area contributed by atoms with Crippen LogP contribution in [-0.2, 0) is 6.42 Å². The first-order chi connectivity index (χ1) is 12.1. The van der Waals surface area contributed by atoms with Gasteiger partial charge in [0.15, 0.2) is 5.88 Å². The molecule has 0 radical (unpaired) electrons. The molecule has 0 aliphatic rings. The number of aromatic nitrogens is 3. The van der Waals surface area contributed by atoms with Crippen molar-refractivity contribution in [1.29, 1.82) is 0 Å². The van der Waals surface area contributed by atoms with Gasteiger partial charge in [-0.2, -0.15) is 0 Å². The van der Waals surface area contributed by atoms with Gasteiger partial charge in [0, 0.05) is 16.6 Å². The van der Waals surface area contributed by atoms with E-state index in [0.29, 0.717) is 0 Å². The van der Waals surface area contributed by atoms with Crippen molar-refractivity contribution < 1.29 is 5.11 Å². The largest absolute Gasteiger partial charge is 0.494 e. The Morgan fingerprint density at radius 3 is 2.92 bits per heavy atom. The van der Waals surface area contributed by atoms with Crippen LogP contribution in [0.15, 0.2) is 36.5 Å². The van der Waals surface area contributed by atoms with Crippen molar-refractivity contribution in [3.8, 4) is 16.5 Å². The molecule has 128 valence electrons. The highest BCUT2D eigenvalue weighted by atomic mass is 32.1. The molecule has 5 nitrogen and oxygen atoms in total. The van der Waals surface area contributed by atoms with Crippen LogP contribution in [0.4, 0.5) is 0 Å². The second-order valence-corrected chi connectivity index (χ2v) is 7.49. The number of aromatic amines is 1. The summed E-state index contributed by atoms with van der Waals surface area (Å²) in [5.41, 5.74) is 3.65. The topological polar surface area (TPSA) is 65.0 Å². The monoisotopic (exact) mass is 352 g/mol. The highest BCUT2D eigenvalue weighted by Gasteiger charge is 2.17. The number of aromatic hydroxyl groups is 1. The number of thiazole rings is 1. The molecule has 3 aromatic heterocycles. The van der Waals surface area contributed by atoms with Crippen molar-refractivity contribution in [3.63, 3.8) is 0 Å². The second-order valence-electron chi connectivity index (χ2n) is 6.46. The van der Waals surface area contributed by atoms with Gasteiger partial charge in [-0.1, -0.05) is 18.2 Å². The van der Waals surface area contributed by atoms with E-state index in [0.717, 1.165) is 56.8 Å². The summed E-state index contributed by atoms with van der Waals surface area (Å²) >= 11 is 1.60. The van der Waals surface area contributed by atoms with Crippen LogP contribution < -0.4 is 0 Å². The van der Waals surface area contributed by atoms with Crippen LogP contribution in [0.2, 0.25) is 0 Å². The molecule has 0 aliphatic carbocycles. The van der Waals surface area contributed by atoms with E-state index in [2.05, 4.69) is 40.0 Å². The quantitative estimate of drug-likeness (QED) is 0.569. The lowest BCUT2D eigenvalue weighted by molar-refractivity contribution is 0.399. The summed E-state index contributed by atoms with van der Waals surface area (Å²) in [6.07, 6.45) is 3.88. The molecule has 0 saturated carbocycles. The maximum absolute atomic E-state index is 10.3. The fourth-order valence-electron chi connectivity index (χ4n) is 3.04. The Morgan fingerprint density at radius 2 is 2.08 bits per heavy atom. The lowest BCUT2D eigenvalue weighted by Crippen LogP contribution is -2.13. The zero-order valence-electron chi connectivity index (χ0n) is 14.3. The Hall–Kier alpha value is -2.44. The zero-order chi connectivity index (χ0) is 17.4. The number of fused-ring (bicyclic) bond motifs is 2. The van der Waals surface area contributed by atoms with E-state index >= 15 is 0 Å². The van der Waals surface area contributed by atoms with E-state index in [4.69, 9.17) is 0 Å². The molecule has 0 saturated heterocycles. The number of nitrogens with zero attached hydrogens (tertiary/aromatic N) is 3. The number of pyridine rings is 1. The normalized spacial score (nSPS) is 11.8. The minimum absolute atomic E-state index is 0.166. The highest BCUT2D eigenvalue weighted by Crippen LogP contribution is 2.40. The number of benzene rings is 1. The van der Waals surface area contributed by atoms with Crippen LogP contribution in [-0.4, -0.2) is 45.6 Å². The summed E-state index contributed by atoms with van der Waals surface area (Å²) in [5, 5.41) is 12.1. The van der Waals surface area contributed by atoms with Crippen LogP contribution in [0.5, 0.6) is 5.88 Å². The van der Waals surface area contributed by atoms with E-state index < -0.39 is 0 Å². The molecule has 4 aromatic rings. The van der Waals surface area contributed by atoms with E-state index in [1.165, 1.54) is 0 Å². The van der Waals surface area contributed by atoms with Gasteiger partial charge in [0.2, 0.25) is 0 Å². The molecule has 4 rings (SSSR count). The summed E-state index contributed by atoms with van der Waals surface area (Å²) in [6, 6.07) is 9.99. The maximum Gasteiger partial charge on any atom is 0.199 e. The smallest absolute Gasteiger partial charge is 0.199 e. The number of rotatable bonds is 5. The third-order valence-corrected chi connectivity index (χ3v) is 5.31. The zero-order valence-corrected chi connectivity index (χ0v) is 15.1. The summed E-state index contributed by atoms with van der Waals surface area (Å²) < 4.78 is 1.11. The Bertz CT molecular complexity index is 1030. The van der Waals surface area contributed by atoms with Crippen LogP contribution >= 0.6 is 11.3 Å². The molecule has 2 N–H and O–H groups in total. The Morgan fingerprint density at radius 1 is 1.24 bits per heavy atom. The lowest BCUT2D eigenvalue weighted by atomic mass is 10.2. The molecule has 3 heterocycles. The van der Waals surface area contributed by atoms with Gasteiger partial charge < -0.3 is 15.0 Å². The maximum atomic E-state index is 10.3. The van der Waals surface area contributed by atoms with Gasteiger partial charge in [0.25, 0.3) is 0 Å². The van der Waals surface area contributed by atoms with Crippen LogP contribution in [0.3, 0.4) is 0 Å². The fraction of sp³-hybridized carbons (Fsp3) is 0.263. The molecule has 0 spiro atoms. The summed E-state index contributed by atoms with van der Waals surface area (Å²) in [5.74, 6) is 0.166. The van der Waals surface area contributed by atoms with Gasteiger partial charge in [-0.15, -0.1) is 11.3 Å². The third-order valence-electron chi connectivity index (χ3n) is 4.27. The molecule has 25 heavy (non-hydrogen) atoms. The van der Waals surface area contributed by atoms with Crippen molar-refractivity contribution in [2.24, 2.45) is 0 Å². The van der Waals surface area contributed by atoms with Crippen LogP contribution in [0, 0.1) is 0 Å². The molecular formula is C19H20N4OS. The summed E-state index contributed by atoms with van der Waals surface area (Å²) in [7, 11) is 4.17. The molecule has 0 fully saturated rings. The predicted molar refractivity (Wildman–Crippen MR) is 103 cm³/mol. The Balaban J connectivity index is 1.70. The Kier molecular flexibility index (Phi) is 4.15. The SMILES string of the molecule is CN(C)CCCc1cc2sc(-c3c(O)[nH]c4ccccc34)nc2cn1. The number of H-pyrrole nitrogens is 1.